The molecular formula is C23H32O4. The number of hydrogen-bond donors (Lipinski definition) is 0. The first kappa shape index (κ1) is 17.9. The Bertz CT molecular complexity index is 741. The van der Waals surface area contributed by atoms with Gasteiger partial charge in [0.2, 0.25) is 0 Å². The van der Waals surface area contributed by atoms with Crippen LogP contribution in [0.2, 0.25) is 0 Å². The molecule has 0 aromatic heterocycles. The van der Waals surface area contributed by atoms with Crippen molar-refractivity contribution in [2.75, 3.05) is 0 Å². The Labute approximate surface area is 162 Å². The quantitative estimate of drug-likeness (QED) is 0.414. The number of Topliss-reactive ketones (excluding diaryl/α,β-unsaturated/α-hetero) is 1. The van der Waals surface area contributed by atoms with Crippen LogP contribution in [0.15, 0.2) is 11.6 Å². The summed E-state index contributed by atoms with van der Waals surface area (Å²) in [6.45, 7) is 8.03. The number of ketones is 1. The van der Waals surface area contributed by atoms with Crippen LogP contribution in [0.25, 0.3) is 0 Å². The summed E-state index contributed by atoms with van der Waals surface area (Å²) in [4.78, 5) is 23.8. The third kappa shape index (κ3) is 2.14. The van der Waals surface area contributed by atoms with Crippen LogP contribution in [0.3, 0.4) is 0 Å². The van der Waals surface area contributed by atoms with Crippen molar-refractivity contribution in [3.8, 4) is 0 Å². The molecule has 5 rings (SSSR count). The number of carbonyl (C=O) groups is 2. The van der Waals surface area contributed by atoms with Gasteiger partial charge in [0.25, 0.3) is 0 Å². The molecule has 148 valence electrons. The molecule has 4 heteroatoms. The molecular weight excluding hydrogens is 340 g/mol. The van der Waals surface area contributed by atoms with Gasteiger partial charge in [0, 0.05) is 18.8 Å². The minimum Gasteiger partial charge on any atom is -0.462 e. The third-order valence-electron chi connectivity index (χ3n) is 9.34. The van der Waals surface area contributed by atoms with Gasteiger partial charge < -0.3 is 9.47 Å². The molecule has 4 nitrogen and oxygen atoms in total. The van der Waals surface area contributed by atoms with Crippen molar-refractivity contribution in [1.29, 1.82) is 0 Å². The molecule has 0 aromatic rings. The summed E-state index contributed by atoms with van der Waals surface area (Å²) in [7, 11) is 0. The largest absolute Gasteiger partial charge is 0.462 e. The minimum absolute atomic E-state index is 0.0152. The summed E-state index contributed by atoms with van der Waals surface area (Å²) in [6.07, 6.45) is 10.1. The number of epoxide rings is 1. The SMILES string of the molecule is CC(=O)O[C@H]1CC[C@@]2(C)C(=CC[C@H]3[C@H]2CC[C@@]2(C)[C@@H]3C[C@H]3O[C@]32C(C)=O)C1. The highest BCUT2D eigenvalue weighted by Gasteiger charge is 2.79. The smallest absolute Gasteiger partial charge is 0.302 e. The summed E-state index contributed by atoms with van der Waals surface area (Å²) in [5, 5.41) is 0. The van der Waals surface area contributed by atoms with Gasteiger partial charge in [-0.3, -0.25) is 9.59 Å². The Morgan fingerprint density at radius 2 is 1.93 bits per heavy atom. The van der Waals surface area contributed by atoms with E-state index >= 15 is 0 Å². The summed E-state index contributed by atoms with van der Waals surface area (Å²) in [5.74, 6) is 2.03. The van der Waals surface area contributed by atoms with E-state index in [0.29, 0.717) is 17.8 Å². The van der Waals surface area contributed by atoms with Gasteiger partial charge in [-0.15, -0.1) is 0 Å². The van der Waals surface area contributed by atoms with E-state index in [1.807, 2.05) is 0 Å². The maximum atomic E-state index is 12.5. The molecule has 8 atom stereocenters. The van der Waals surface area contributed by atoms with Crippen LogP contribution in [-0.4, -0.2) is 29.6 Å². The standard InChI is InChI=1S/C23H32O4/c1-13(24)23-20(27-23)12-19-17-6-5-15-11-16(26-14(2)25)7-9-21(15,3)18(17)8-10-22(19,23)4/h5,16-20H,6-12H2,1-4H3/t16-,17-,18+,19+,20+,21-,22-,23+/m0/s1. The van der Waals surface area contributed by atoms with Gasteiger partial charge in [0.05, 0.1) is 6.10 Å². The van der Waals surface area contributed by atoms with Crippen LogP contribution >= 0.6 is 0 Å². The van der Waals surface area contributed by atoms with Gasteiger partial charge in [-0.2, -0.15) is 0 Å². The summed E-state index contributed by atoms with van der Waals surface area (Å²) >= 11 is 0. The molecule has 0 aromatic carbocycles. The Balaban J connectivity index is 1.43. The minimum atomic E-state index is -0.472. The molecule has 1 aliphatic heterocycles. The lowest BCUT2D eigenvalue weighted by atomic mass is 9.47. The van der Waals surface area contributed by atoms with Crippen molar-refractivity contribution in [3.05, 3.63) is 11.6 Å². The van der Waals surface area contributed by atoms with Crippen molar-refractivity contribution in [2.24, 2.45) is 28.6 Å². The molecule has 5 aliphatic rings. The number of ether oxygens (including phenoxy) is 2. The van der Waals surface area contributed by atoms with E-state index in [0.717, 1.165) is 38.5 Å². The second-order valence-corrected chi connectivity index (χ2v) is 10.3. The molecule has 0 spiro atoms. The number of hydrogen-bond acceptors (Lipinski definition) is 4. The number of carbonyl (C=O) groups excluding carboxylic acids is 2. The number of fused-ring (bicyclic) bond motifs is 7. The summed E-state index contributed by atoms with van der Waals surface area (Å²) in [5.41, 5.74) is 1.30. The van der Waals surface area contributed by atoms with E-state index in [-0.39, 0.29) is 34.8 Å². The predicted octanol–water partition coefficient (Wildman–Crippen LogP) is 4.22. The van der Waals surface area contributed by atoms with Crippen molar-refractivity contribution in [2.45, 2.75) is 90.4 Å². The topological polar surface area (TPSA) is 55.9 Å². The van der Waals surface area contributed by atoms with Crippen molar-refractivity contribution in [1.82, 2.24) is 0 Å². The monoisotopic (exact) mass is 372 g/mol. The summed E-state index contributed by atoms with van der Waals surface area (Å²) < 4.78 is 11.6. The molecule has 3 saturated carbocycles. The molecule has 1 saturated heterocycles. The Morgan fingerprint density at radius 3 is 2.63 bits per heavy atom. The van der Waals surface area contributed by atoms with Crippen LogP contribution in [-0.2, 0) is 19.1 Å². The molecule has 1 heterocycles. The summed E-state index contributed by atoms with van der Waals surface area (Å²) in [6, 6.07) is 0. The van der Waals surface area contributed by atoms with E-state index in [1.54, 1.807) is 6.92 Å². The predicted molar refractivity (Wildman–Crippen MR) is 101 cm³/mol. The van der Waals surface area contributed by atoms with E-state index in [2.05, 4.69) is 19.9 Å². The lowest BCUT2D eigenvalue weighted by Crippen LogP contribution is -2.54. The highest BCUT2D eigenvalue weighted by Crippen LogP contribution is 2.73. The van der Waals surface area contributed by atoms with Gasteiger partial charge in [0.15, 0.2) is 11.4 Å². The molecule has 0 amide bonds. The van der Waals surface area contributed by atoms with Gasteiger partial charge in [0.1, 0.15) is 6.10 Å². The highest BCUT2D eigenvalue weighted by molar-refractivity contribution is 5.90. The fraction of sp³-hybridized carbons (Fsp3) is 0.826. The Kier molecular flexibility index (Phi) is 3.62. The maximum absolute atomic E-state index is 12.5. The van der Waals surface area contributed by atoms with Crippen molar-refractivity contribution < 1.29 is 19.1 Å². The number of esters is 1. The molecule has 0 unspecified atom stereocenters. The molecule has 0 N–H and O–H groups in total. The van der Waals surface area contributed by atoms with E-state index in [4.69, 9.17) is 9.47 Å². The van der Waals surface area contributed by atoms with Crippen LogP contribution in [0.1, 0.15) is 72.6 Å². The molecule has 27 heavy (non-hydrogen) atoms. The average molecular weight is 373 g/mol. The zero-order chi connectivity index (χ0) is 19.2. The number of rotatable bonds is 2. The lowest BCUT2D eigenvalue weighted by Gasteiger charge is -2.58. The van der Waals surface area contributed by atoms with Crippen LogP contribution in [0.5, 0.6) is 0 Å². The maximum Gasteiger partial charge on any atom is 0.302 e. The zero-order valence-corrected chi connectivity index (χ0v) is 17.0. The fourth-order valence-electron chi connectivity index (χ4n) is 8.03. The van der Waals surface area contributed by atoms with Crippen molar-refractivity contribution >= 4 is 11.8 Å². The molecule has 0 bridgehead atoms. The third-order valence-corrected chi connectivity index (χ3v) is 9.34. The molecule has 4 aliphatic carbocycles. The van der Waals surface area contributed by atoms with Gasteiger partial charge in [-0.1, -0.05) is 25.5 Å². The van der Waals surface area contributed by atoms with Gasteiger partial charge >= 0.3 is 5.97 Å². The van der Waals surface area contributed by atoms with Crippen LogP contribution in [0.4, 0.5) is 0 Å². The first-order chi connectivity index (χ1) is 12.7. The van der Waals surface area contributed by atoms with Gasteiger partial charge in [-0.25, -0.2) is 0 Å². The lowest BCUT2D eigenvalue weighted by molar-refractivity contribution is -0.149. The van der Waals surface area contributed by atoms with E-state index in [9.17, 15) is 9.59 Å². The number of allylic oxidation sites excluding steroid dienone is 1. The molecule has 4 fully saturated rings. The Hall–Kier alpha value is -1.16. The van der Waals surface area contributed by atoms with Gasteiger partial charge in [-0.05, 0) is 68.6 Å². The van der Waals surface area contributed by atoms with Crippen LogP contribution < -0.4 is 0 Å². The first-order valence-electron chi connectivity index (χ1n) is 10.8. The molecule has 0 radical (unpaired) electrons. The second-order valence-electron chi connectivity index (χ2n) is 10.3. The highest BCUT2D eigenvalue weighted by atomic mass is 16.6. The zero-order valence-electron chi connectivity index (χ0n) is 17.0. The second kappa shape index (κ2) is 5.46. The fourth-order valence-corrected chi connectivity index (χ4v) is 8.03. The van der Waals surface area contributed by atoms with E-state index < -0.39 is 5.60 Å². The average Bonchev–Trinajstić information content (AvgIpc) is 3.27. The van der Waals surface area contributed by atoms with Crippen molar-refractivity contribution in [3.63, 3.8) is 0 Å². The van der Waals surface area contributed by atoms with E-state index in [1.165, 1.54) is 18.9 Å². The van der Waals surface area contributed by atoms with Crippen LogP contribution in [0, 0.1) is 28.6 Å². The Morgan fingerprint density at radius 1 is 1.15 bits per heavy atom. The normalized spacial score (nSPS) is 52.6. The first-order valence-corrected chi connectivity index (χ1v) is 10.8.